The highest BCUT2D eigenvalue weighted by Gasteiger charge is 2.51. The van der Waals surface area contributed by atoms with Crippen LogP contribution in [-0.2, 0) is 20.4 Å². The first-order chi connectivity index (χ1) is 12.4. The van der Waals surface area contributed by atoms with E-state index >= 15 is 0 Å². The topological polar surface area (TPSA) is 132 Å². The van der Waals surface area contributed by atoms with Crippen LogP contribution in [0.1, 0.15) is 11.9 Å². The van der Waals surface area contributed by atoms with Crippen LogP contribution >= 0.6 is 0 Å². The van der Waals surface area contributed by atoms with Crippen molar-refractivity contribution in [1.29, 1.82) is 0 Å². The van der Waals surface area contributed by atoms with Crippen LogP contribution in [0.3, 0.4) is 0 Å². The molecule has 0 spiro atoms. The van der Waals surface area contributed by atoms with Crippen molar-refractivity contribution in [1.82, 2.24) is 4.98 Å². The summed E-state index contributed by atoms with van der Waals surface area (Å²) in [7, 11) is -0.648. The van der Waals surface area contributed by atoms with Gasteiger partial charge in [-0.25, -0.2) is 4.39 Å². The fourth-order valence-corrected chi connectivity index (χ4v) is 5.93. The van der Waals surface area contributed by atoms with E-state index in [1.807, 2.05) is 0 Å². The van der Waals surface area contributed by atoms with E-state index in [2.05, 4.69) is 4.98 Å². The van der Waals surface area contributed by atoms with Gasteiger partial charge in [0.25, 0.3) is 0 Å². The van der Waals surface area contributed by atoms with Gasteiger partial charge in [-0.3, -0.25) is 4.98 Å². The number of hydrogen-bond acceptors (Lipinski definition) is 8. The summed E-state index contributed by atoms with van der Waals surface area (Å²) in [6.07, 6.45) is -3.95. The Balaban J connectivity index is 0.00000261. The minimum absolute atomic E-state index is 0. The Kier molecular flexibility index (Phi) is 8.22. The maximum Gasteiger partial charge on any atom is 0.187 e. The fraction of sp³-hybridized carbons (Fsp3) is 0.688. The summed E-state index contributed by atoms with van der Waals surface area (Å²) in [4.78, 5) is 3.65. The number of rotatable bonds is 5. The van der Waals surface area contributed by atoms with Crippen molar-refractivity contribution in [2.75, 3.05) is 24.7 Å². The average Bonchev–Trinajstić information content (AvgIpc) is 2.89. The van der Waals surface area contributed by atoms with E-state index in [-0.39, 0.29) is 42.7 Å². The maximum absolute atomic E-state index is 13.9. The number of aromatic nitrogens is 1. The summed E-state index contributed by atoms with van der Waals surface area (Å²) >= 11 is 0. The van der Waals surface area contributed by atoms with Crippen molar-refractivity contribution in [3.05, 3.63) is 29.8 Å². The van der Waals surface area contributed by atoms with E-state index in [9.17, 15) is 29.9 Å². The molecular formula is C16H23ClFNO7S. The fourth-order valence-electron chi connectivity index (χ4n) is 3.25. The highest BCUT2D eigenvalue weighted by Crippen LogP contribution is 2.31. The Bertz CT molecular complexity index is 618. The molecule has 27 heavy (non-hydrogen) atoms. The lowest BCUT2D eigenvalue weighted by atomic mass is 10.1. The van der Waals surface area contributed by atoms with E-state index in [1.165, 1.54) is 12.3 Å². The second kappa shape index (κ2) is 9.77. The van der Waals surface area contributed by atoms with Crippen molar-refractivity contribution in [3.8, 4) is 0 Å². The normalized spacial score (nSPS) is 37.6. The standard InChI is InChI=1S/C16H23FNO7S.ClH/c17-9-3-18-2-1-8(9)16-24-5-10(20)15(25-16)12(22)7-26-6-11(21)14(23)13(26)4-19;/h1-3,10-16,19-23H,4-7H2;1H/q+1;/p-1/t10-,11-,12-,13-,14+,15+,16?,26?;/m1./s1. The number of aliphatic hydroxyl groups is 5. The first kappa shape index (κ1) is 22.7. The second-order valence-corrected chi connectivity index (χ2v) is 8.79. The van der Waals surface area contributed by atoms with Gasteiger partial charge in [0.2, 0.25) is 0 Å². The molecule has 0 radical (unpaired) electrons. The SMILES string of the molecule is OC[C@@H]1[C@@H](O)[C@H](O)C[S+]1C[C@@H](O)[C@H]1OC(c2ccncc2F)OC[C@H]1O.[Cl-]. The summed E-state index contributed by atoms with van der Waals surface area (Å²) < 4.78 is 24.8. The summed E-state index contributed by atoms with van der Waals surface area (Å²) in [5, 5.41) is 49.2. The van der Waals surface area contributed by atoms with Gasteiger partial charge in [0.1, 0.15) is 47.8 Å². The summed E-state index contributed by atoms with van der Waals surface area (Å²) in [6, 6.07) is 1.40. The van der Waals surface area contributed by atoms with E-state index < -0.39 is 58.8 Å². The van der Waals surface area contributed by atoms with Crippen LogP contribution in [0.15, 0.2) is 18.5 Å². The second-order valence-electron chi connectivity index (χ2n) is 6.45. The number of nitrogens with zero attached hydrogens (tertiary/aromatic N) is 1. The number of halogens is 2. The molecule has 3 heterocycles. The van der Waals surface area contributed by atoms with Crippen LogP contribution in [0.5, 0.6) is 0 Å². The highest BCUT2D eigenvalue weighted by atomic mass is 35.5. The van der Waals surface area contributed by atoms with Crippen molar-refractivity contribution in [2.24, 2.45) is 0 Å². The zero-order valence-electron chi connectivity index (χ0n) is 14.3. The number of hydrogen-bond donors (Lipinski definition) is 5. The maximum atomic E-state index is 13.9. The molecule has 0 bridgehead atoms. The molecule has 0 aliphatic carbocycles. The van der Waals surface area contributed by atoms with Gasteiger partial charge in [0.15, 0.2) is 11.5 Å². The average molecular weight is 428 g/mol. The van der Waals surface area contributed by atoms with Gasteiger partial charge in [-0.1, -0.05) is 0 Å². The molecule has 5 N–H and O–H groups in total. The molecule has 0 amide bonds. The lowest BCUT2D eigenvalue weighted by Crippen LogP contribution is -3.00. The summed E-state index contributed by atoms with van der Waals surface area (Å²) in [5.41, 5.74) is 0.117. The van der Waals surface area contributed by atoms with Gasteiger partial charge >= 0.3 is 0 Å². The zero-order valence-corrected chi connectivity index (χ0v) is 15.8. The molecule has 1 aromatic rings. The molecule has 1 aromatic heterocycles. The molecule has 2 aliphatic rings. The molecule has 2 aliphatic heterocycles. The van der Waals surface area contributed by atoms with E-state index in [4.69, 9.17) is 9.47 Å². The first-order valence-corrected chi connectivity index (χ1v) is 9.91. The molecule has 11 heteroatoms. The Labute approximate surface area is 164 Å². The molecule has 0 aromatic carbocycles. The lowest BCUT2D eigenvalue weighted by Gasteiger charge is -2.36. The van der Waals surface area contributed by atoms with Gasteiger partial charge in [0.05, 0.1) is 19.4 Å². The van der Waals surface area contributed by atoms with Crippen molar-refractivity contribution < 1.29 is 51.8 Å². The quantitative estimate of drug-likeness (QED) is 0.295. The zero-order chi connectivity index (χ0) is 18.8. The van der Waals surface area contributed by atoms with Gasteiger partial charge in [-0.05, 0) is 6.07 Å². The predicted octanol–water partition coefficient (Wildman–Crippen LogP) is -4.92. The van der Waals surface area contributed by atoms with Crippen LogP contribution in [0.4, 0.5) is 4.39 Å². The van der Waals surface area contributed by atoms with Gasteiger partial charge < -0.3 is 47.4 Å². The molecule has 3 rings (SSSR count). The summed E-state index contributed by atoms with van der Waals surface area (Å²) in [5.74, 6) is -0.232. The van der Waals surface area contributed by atoms with E-state index in [0.29, 0.717) is 0 Å². The van der Waals surface area contributed by atoms with Crippen molar-refractivity contribution in [3.63, 3.8) is 0 Å². The largest absolute Gasteiger partial charge is 1.00 e. The lowest BCUT2D eigenvalue weighted by molar-refractivity contribution is -0.274. The molecule has 2 saturated heterocycles. The minimum atomic E-state index is -1.13. The van der Waals surface area contributed by atoms with Gasteiger partial charge in [-0.15, -0.1) is 0 Å². The third-order valence-corrected chi connectivity index (χ3v) is 7.49. The van der Waals surface area contributed by atoms with Crippen LogP contribution in [0.2, 0.25) is 0 Å². The molecule has 8 nitrogen and oxygen atoms in total. The Hall–Kier alpha value is -0.560. The first-order valence-electron chi connectivity index (χ1n) is 8.28. The Morgan fingerprint density at radius 1 is 1.30 bits per heavy atom. The molecule has 2 unspecified atom stereocenters. The molecule has 0 saturated carbocycles. The molecule has 154 valence electrons. The van der Waals surface area contributed by atoms with Gasteiger partial charge in [0, 0.05) is 22.7 Å². The smallest absolute Gasteiger partial charge is 0.187 e. The van der Waals surface area contributed by atoms with Crippen molar-refractivity contribution in [2.45, 2.75) is 42.1 Å². The molecule has 2 fully saturated rings. The van der Waals surface area contributed by atoms with Gasteiger partial charge in [-0.2, -0.15) is 0 Å². The van der Waals surface area contributed by atoms with E-state index in [1.54, 1.807) is 0 Å². The number of pyridine rings is 1. The predicted molar refractivity (Wildman–Crippen MR) is 89.8 cm³/mol. The minimum Gasteiger partial charge on any atom is -1.00 e. The van der Waals surface area contributed by atoms with Crippen LogP contribution in [0.25, 0.3) is 0 Å². The number of ether oxygens (including phenoxy) is 2. The van der Waals surface area contributed by atoms with Crippen LogP contribution in [0, 0.1) is 5.82 Å². The molecule has 8 atom stereocenters. The monoisotopic (exact) mass is 427 g/mol. The Morgan fingerprint density at radius 2 is 2.04 bits per heavy atom. The third-order valence-electron chi connectivity index (χ3n) is 4.67. The third kappa shape index (κ3) is 4.89. The van der Waals surface area contributed by atoms with Crippen molar-refractivity contribution >= 4 is 10.9 Å². The summed E-state index contributed by atoms with van der Waals surface area (Å²) in [6.45, 7) is -0.452. The van der Waals surface area contributed by atoms with Crippen LogP contribution in [-0.4, -0.2) is 91.0 Å². The Morgan fingerprint density at radius 3 is 2.70 bits per heavy atom. The highest BCUT2D eigenvalue weighted by molar-refractivity contribution is 7.97. The number of aliphatic hydroxyl groups excluding tert-OH is 5. The van der Waals surface area contributed by atoms with E-state index in [0.717, 1.165) is 6.20 Å². The van der Waals surface area contributed by atoms with Crippen LogP contribution < -0.4 is 12.4 Å². The molecular weight excluding hydrogens is 405 g/mol.